The number of nitrogens with one attached hydrogen (secondary N) is 1. The van der Waals surface area contributed by atoms with E-state index >= 15 is 0 Å². The lowest BCUT2D eigenvalue weighted by atomic mass is 10.0. The number of rotatable bonds is 10. The number of hydrogen-bond donors (Lipinski definition) is 1. The molecular formula is C21H32N2O2. The number of fused-ring (bicyclic) bond motifs is 1. The molecule has 1 heterocycles. The molecule has 0 aromatic heterocycles. The minimum absolute atomic E-state index is 0.00226. The van der Waals surface area contributed by atoms with Crippen LogP contribution >= 0.6 is 0 Å². The zero-order valence-corrected chi connectivity index (χ0v) is 15.9. The monoisotopic (exact) mass is 344 g/mol. The average Bonchev–Trinajstić information content (AvgIpc) is 2.83. The summed E-state index contributed by atoms with van der Waals surface area (Å²) >= 11 is 0. The van der Waals surface area contributed by atoms with Crippen LogP contribution in [0.5, 0.6) is 0 Å². The van der Waals surface area contributed by atoms with Gasteiger partial charge in [-0.3, -0.25) is 9.59 Å². The fraction of sp³-hybridized carbons (Fsp3) is 0.619. The largest absolute Gasteiger partial charge is 0.341 e. The highest BCUT2D eigenvalue weighted by atomic mass is 16.2. The van der Waals surface area contributed by atoms with E-state index in [1.54, 1.807) is 0 Å². The molecule has 1 aromatic rings. The number of hydrogen-bond acceptors (Lipinski definition) is 2. The van der Waals surface area contributed by atoms with Gasteiger partial charge in [0.1, 0.15) is 6.04 Å². The van der Waals surface area contributed by atoms with Crippen molar-refractivity contribution in [3.05, 3.63) is 29.3 Å². The van der Waals surface area contributed by atoms with Gasteiger partial charge in [0.05, 0.1) is 5.69 Å². The number of anilines is 1. The van der Waals surface area contributed by atoms with Crippen LogP contribution in [0.1, 0.15) is 82.4 Å². The molecule has 0 bridgehead atoms. The van der Waals surface area contributed by atoms with Crippen LogP contribution in [0, 0.1) is 6.92 Å². The number of nitrogens with zero attached hydrogens (tertiary/aromatic N) is 1. The number of unbranched alkanes of at least 4 members (excludes halogenated alkanes) is 7. The molecule has 1 aromatic carbocycles. The van der Waals surface area contributed by atoms with Gasteiger partial charge in [-0.05, 0) is 18.9 Å². The van der Waals surface area contributed by atoms with Crippen molar-refractivity contribution in [2.75, 3.05) is 11.4 Å². The van der Waals surface area contributed by atoms with Crippen molar-refractivity contribution in [3.63, 3.8) is 0 Å². The van der Waals surface area contributed by atoms with E-state index in [9.17, 15) is 9.59 Å². The summed E-state index contributed by atoms with van der Waals surface area (Å²) in [6.45, 7) is 6.47. The number of amides is 2. The predicted molar refractivity (Wildman–Crippen MR) is 103 cm³/mol. The number of para-hydroxylation sites is 1. The van der Waals surface area contributed by atoms with E-state index in [0.717, 1.165) is 36.2 Å². The van der Waals surface area contributed by atoms with Gasteiger partial charge in [-0.1, -0.05) is 70.1 Å². The molecule has 2 rings (SSSR count). The summed E-state index contributed by atoms with van der Waals surface area (Å²) in [6, 6.07) is 5.41. The van der Waals surface area contributed by atoms with Gasteiger partial charge >= 0.3 is 0 Å². The zero-order valence-electron chi connectivity index (χ0n) is 15.9. The highest BCUT2D eigenvalue weighted by Crippen LogP contribution is 2.38. The molecule has 1 aliphatic heterocycles. The number of carbonyl (C=O) groups is 2. The molecule has 1 N–H and O–H groups in total. The first kappa shape index (κ1) is 19.5. The van der Waals surface area contributed by atoms with Crippen molar-refractivity contribution in [2.24, 2.45) is 0 Å². The Morgan fingerprint density at radius 2 is 1.72 bits per heavy atom. The van der Waals surface area contributed by atoms with E-state index in [0.29, 0.717) is 0 Å². The minimum Gasteiger partial charge on any atom is -0.341 e. The molecule has 0 aliphatic carbocycles. The van der Waals surface area contributed by atoms with Gasteiger partial charge in [0.25, 0.3) is 5.91 Å². The molecule has 4 heteroatoms. The number of aryl methyl sites for hydroxylation is 1. The Morgan fingerprint density at radius 1 is 1.08 bits per heavy atom. The summed E-state index contributed by atoms with van der Waals surface area (Å²) in [7, 11) is 0. The van der Waals surface area contributed by atoms with E-state index in [4.69, 9.17) is 0 Å². The van der Waals surface area contributed by atoms with Crippen LogP contribution in [-0.4, -0.2) is 18.4 Å². The van der Waals surface area contributed by atoms with Gasteiger partial charge in [0.2, 0.25) is 5.91 Å². The molecule has 0 fully saturated rings. The highest BCUT2D eigenvalue weighted by molar-refractivity contribution is 6.06. The van der Waals surface area contributed by atoms with Crippen LogP contribution in [-0.2, 0) is 9.59 Å². The maximum atomic E-state index is 12.8. The first-order chi connectivity index (χ1) is 12.1. The Bertz CT molecular complexity index is 598. The van der Waals surface area contributed by atoms with Gasteiger partial charge in [-0.25, -0.2) is 0 Å². The lowest BCUT2D eigenvalue weighted by Crippen LogP contribution is -2.37. The molecule has 1 unspecified atom stereocenters. The van der Waals surface area contributed by atoms with E-state index in [1.165, 1.54) is 45.4 Å². The Balaban J connectivity index is 1.90. The van der Waals surface area contributed by atoms with Gasteiger partial charge < -0.3 is 10.2 Å². The first-order valence-electron chi connectivity index (χ1n) is 9.74. The van der Waals surface area contributed by atoms with E-state index in [-0.39, 0.29) is 11.8 Å². The van der Waals surface area contributed by atoms with E-state index < -0.39 is 6.04 Å². The Labute approximate surface area is 152 Å². The minimum atomic E-state index is -0.526. The average molecular weight is 344 g/mol. The lowest BCUT2D eigenvalue weighted by molar-refractivity contribution is -0.126. The molecule has 0 saturated carbocycles. The van der Waals surface area contributed by atoms with Gasteiger partial charge in [-0.15, -0.1) is 0 Å². The number of benzene rings is 1. The molecule has 0 radical (unpaired) electrons. The van der Waals surface area contributed by atoms with Crippen LogP contribution in [0.4, 0.5) is 5.69 Å². The third kappa shape index (κ3) is 5.07. The van der Waals surface area contributed by atoms with Gasteiger partial charge in [-0.2, -0.15) is 0 Å². The van der Waals surface area contributed by atoms with Crippen LogP contribution in [0.25, 0.3) is 0 Å². The molecular weight excluding hydrogens is 312 g/mol. The van der Waals surface area contributed by atoms with Gasteiger partial charge in [0, 0.05) is 19.0 Å². The zero-order chi connectivity index (χ0) is 18.2. The SMILES string of the molecule is CCCCCCCCCCN1C(=O)C(NC(C)=O)c2cccc(C)c21. The molecule has 1 atom stereocenters. The van der Waals surface area contributed by atoms with Crippen molar-refractivity contribution in [2.45, 2.75) is 78.2 Å². The Morgan fingerprint density at radius 3 is 2.36 bits per heavy atom. The quantitative estimate of drug-likeness (QED) is 0.628. The second-order valence-electron chi connectivity index (χ2n) is 7.11. The molecule has 0 saturated heterocycles. The summed E-state index contributed by atoms with van der Waals surface area (Å²) in [4.78, 5) is 26.1. The first-order valence-corrected chi connectivity index (χ1v) is 9.74. The van der Waals surface area contributed by atoms with Crippen LogP contribution < -0.4 is 10.2 Å². The lowest BCUT2D eigenvalue weighted by Gasteiger charge is -2.19. The molecule has 4 nitrogen and oxygen atoms in total. The molecule has 25 heavy (non-hydrogen) atoms. The van der Waals surface area contributed by atoms with Crippen molar-refractivity contribution >= 4 is 17.5 Å². The summed E-state index contributed by atoms with van der Waals surface area (Å²) < 4.78 is 0. The van der Waals surface area contributed by atoms with Gasteiger partial charge in [0.15, 0.2) is 0 Å². The summed E-state index contributed by atoms with van der Waals surface area (Å²) in [5.41, 5.74) is 3.02. The molecule has 1 aliphatic rings. The van der Waals surface area contributed by atoms with Crippen molar-refractivity contribution in [3.8, 4) is 0 Å². The molecule has 0 spiro atoms. The summed E-state index contributed by atoms with van der Waals surface area (Å²) in [6.07, 6.45) is 9.98. The van der Waals surface area contributed by atoms with Crippen molar-refractivity contribution in [1.82, 2.24) is 5.32 Å². The second kappa shape index (κ2) is 9.59. The van der Waals surface area contributed by atoms with E-state index in [1.807, 2.05) is 30.0 Å². The standard InChI is InChI=1S/C21H32N2O2/c1-4-5-6-7-8-9-10-11-15-23-20-16(2)13-12-14-18(20)19(21(23)25)22-17(3)24/h12-14,19H,4-11,15H2,1-3H3,(H,22,24). The highest BCUT2D eigenvalue weighted by Gasteiger charge is 2.38. The fourth-order valence-electron chi connectivity index (χ4n) is 3.65. The Kier molecular flexibility index (Phi) is 7.48. The summed E-state index contributed by atoms with van der Waals surface area (Å²) in [5, 5.41) is 2.81. The van der Waals surface area contributed by atoms with Crippen molar-refractivity contribution < 1.29 is 9.59 Å². The predicted octanol–water partition coefficient (Wildman–Crippen LogP) is 4.66. The fourth-order valence-corrected chi connectivity index (χ4v) is 3.65. The maximum Gasteiger partial charge on any atom is 0.254 e. The van der Waals surface area contributed by atoms with Crippen LogP contribution in [0.3, 0.4) is 0 Å². The smallest absolute Gasteiger partial charge is 0.254 e. The van der Waals surface area contributed by atoms with Crippen LogP contribution in [0.15, 0.2) is 18.2 Å². The van der Waals surface area contributed by atoms with Crippen molar-refractivity contribution in [1.29, 1.82) is 0 Å². The third-order valence-electron chi connectivity index (χ3n) is 4.95. The second-order valence-corrected chi connectivity index (χ2v) is 7.11. The number of carbonyl (C=O) groups excluding carboxylic acids is 2. The maximum absolute atomic E-state index is 12.8. The summed E-state index contributed by atoms with van der Waals surface area (Å²) in [5.74, 6) is -0.165. The van der Waals surface area contributed by atoms with Crippen LogP contribution in [0.2, 0.25) is 0 Å². The van der Waals surface area contributed by atoms with E-state index in [2.05, 4.69) is 12.2 Å². The normalized spacial score (nSPS) is 16.2. The Hall–Kier alpha value is -1.84. The molecule has 138 valence electrons. The topological polar surface area (TPSA) is 49.4 Å². The third-order valence-corrected chi connectivity index (χ3v) is 4.95. The molecule has 2 amide bonds.